The van der Waals surface area contributed by atoms with Crippen LogP contribution in [-0.2, 0) is 17.8 Å². The van der Waals surface area contributed by atoms with Gasteiger partial charge in [-0.25, -0.2) is 0 Å². The number of anilines is 1. The van der Waals surface area contributed by atoms with Crippen molar-refractivity contribution in [2.75, 3.05) is 18.0 Å². The Kier molecular flexibility index (Phi) is 6.21. The number of nitrogens with zero attached hydrogens (tertiary/aromatic N) is 3. The summed E-state index contributed by atoms with van der Waals surface area (Å²) in [5, 5.41) is 7.57. The molecule has 0 aliphatic carbocycles. The van der Waals surface area contributed by atoms with Crippen molar-refractivity contribution >= 4 is 11.7 Å². The highest BCUT2D eigenvalue weighted by atomic mass is 16.3. The Morgan fingerprint density at radius 2 is 1.97 bits per heavy atom. The highest BCUT2D eigenvalue weighted by Crippen LogP contribution is 2.22. The van der Waals surface area contributed by atoms with Gasteiger partial charge in [0.25, 0.3) is 5.56 Å². The van der Waals surface area contributed by atoms with Crippen molar-refractivity contribution in [1.29, 1.82) is 0 Å². The smallest absolute Gasteiger partial charge is 0.271 e. The molecule has 1 fully saturated rings. The first-order chi connectivity index (χ1) is 15.0. The molecule has 162 valence electrons. The normalized spacial score (nSPS) is 16.3. The zero-order chi connectivity index (χ0) is 21.8. The predicted octanol–water partition coefficient (Wildman–Crippen LogP) is 3.23. The van der Waals surface area contributed by atoms with Crippen LogP contribution >= 0.6 is 0 Å². The molecule has 7 heteroatoms. The van der Waals surface area contributed by atoms with E-state index in [0.717, 1.165) is 43.0 Å². The first kappa shape index (κ1) is 20.9. The lowest BCUT2D eigenvalue weighted by atomic mass is 9.97. The summed E-state index contributed by atoms with van der Waals surface area (Å²) < 4.78 is 6.95. The third-order valence-corrected chi connectivity index (χ3v) is 5.72. The van der Waals surface area contributed by atoms with Crippen molar-refractivity contribution in [2.45, 2.75) is 39.7 Å². The molecule has 31 heavy (non-hydrogen) atoms. The van der Waals surface area contributed by atoms with E-state index in [9.17, 15) is 9.59 Å². The second-order valence-corrected chi connectivity index (χ2v) is 7.98. The molecule has 1 aromatic carbocycles. The van der Waals surface area contributed by atoms with E-state index in [1.165, 1.54) is 10.2 Å². The highest BCUT2D eigenvalue weighted by Gasteiger charge is 2.27. The van der Waals surface area contributed by atoms with Gasteiger partial charge in [0.05, 0.1) is 18.2 Å². The number of piperidine rings is 1. The number of nitrogens with one attached hydrogen (secondary N) is 1. The summed E-state index contributed by atoms with van der Waals surface area (Å²) in [6.45, 7) is 5.75. The Morgan fingerprint density at radius 1 is 1.16 bits per heavy atom. The predicted molar refractivity (Wildman–Crippen MR) is 119 cm³/mol. The standard InChI is InChI=1S/C24H28N4O3/c1-3-18-7-9-20(10-8-18)28-23(29)13-12-22(26-28)27-14-4-5-19(16-27)24(30)25-15-21-11-6-17(2)31-21/h6-13,19H,3-5,14-16H2,1-2H3,(H,25,30). The minimum atomic E-state index is -0.173. The topological polar surface area (TPSA) is 80.4 Å². The molecule has 3 heterocycles. The molecule has 7 nitrogen and oxygen atoms in total. The van der Waals surface area contributed by atoms with Crippen LogP contribution in [0.25, 0.3) is 5.69 Å². The van der Waals surface area contributed by atoms with Gasteiger partial charge in [-0.05, 0) is 62.1 Å². The first-order valence-electron chi connectivity index (χ1n) is 10.8. The Balaban J connectivity index is 1.46. The van der Waals surface area contributed by atoms with Gasteiger partial charge in [-0.2, -0.15) is 4.68 Å². The number of aryl methyl sites for hydroxylation is 2. The third-order valence-electron chi connectivity index (χ3n) is 5.72. The van der Waals surface area contributed by atoms with E-state index in [1.807, 2.05) is 43.3 Å². The molecular formula is C24H28N4O3. The van der Waals surface area contributed by atoms with Crippen molar-refractivity contribution in [3.8, 4) is 5.69 Å². The zero-order valence-corrected chi connectivity index (χ0v) is 18.0. The summed E-state index contributed by atoms with van der Waals surface area (Å²) in [6.07, 6.45) is 2.67. The minimum absolute atomic E-state index is 0.0160. The molecule has 1 atom stereocenters. The zero-order valence-electron chi connectivity index (χ0n) is 18.0. The molecule has 3 aromatic rings. The number of carbonyl (C=O) groups excluding carboxylic acids is 1. The van der Waals surface area contributed by atoms with Crippen molar-refractivity contribution in [3.05, 3.63) is 76.0 Å². The molecule has 0 bridgehead atoms. The number of rotatable bonds is 6. The average Bonchev–Trinajstić information content (AvgIpc) is 3.23. The minimum Gasteiger partial charge on any atom is -0.465 e. The summed E-state index contributed by atoms with van der Waals surface area (Å²) in [7, 11) is 0. The molecule has 1 unspecified atom stereocenters. The van der Waals surface area contributed by atoms with Crippen molar-refractivity contribution in [2.24, 2.45) is 5.92 Å². The van der Waals surface area contributed by atoms with E-state index in [2.05, 4.69) is 22.2 Å². The van der Waals surface area contributed by atoms with Crippen molar-refractivity contribution in [3.63, 3.8) is 0 Å². The maximum atomic E-state index is 12.7. The lowest BCUT2D eigenvalue weighted by Gasteiger charge is -2.32. The summed E-state index contributed by atoms with van der Waals surface area (Å²) in [6, 6.07) is 14.9. The molecule has 1 N–H and O–H groups in total. The van der Waals surface area contributed by atoms with Crippen LogP contribution < -0.4 is 15.8 Å². The average molecular weight is 421 g/mol. The van der Waals surface area contributed by atoms with Gasteiger partial charge >= 0.3 is 0 Å². The molecule has 4 rings (SSSR count). The van der Waals surface area contributed by atoms with Crippen LogP contribution in [-0.4, -0.2) is 28.8 Å². The number of hydrogen-bond acceptors (Lipinski definition) is 5. The van der Waals surface area contributed by atoms with E-state index in [1.54, 1.807) is 12.1 Å². The second-order valence-electron chi connectivity index (χ2n) is 7.98. The monoisotopic (exact) mass is 420 g/mol. The van der Waals surface area contributed by atoms with Gasteiger partial charge in [0.15, 0.2) is 0 Å². The van der Waals surface area contributed by atoms with Crippen LogP contribution in [0.1, 0.15) is 36.8 Å². The highest BCUT2D eigenvalue weighted by molar-refractivity contribution is 5.79. The van der Waals surface area contributed by atoms with Gasteiger partial charge in [0.2, 0.25) is 5.91 Å². The Bertz CT molecular complexity index is 1100. The number of carbonyl (C=O) groups is 1. The SMILES string of the molecule is CCc1ccc(-n2nc(N3CCCC(C(=O)NCc4ccc(C)o4)C3)ccc2=O)cc1. The molecule has 0 saturated carbocycles. The van der Waals surface area contributed by atoms with E-state index in [0.29, 0.717) is 18.9 Å². The molecule has 1 aliphatic rings. The number of amides is 1. The summed E-state index contributed by atoms with van der Waals surface area (Å²) in [5.74, 6) is 2.18. The molecule has 1 amide bonds. The van der Waals surface area contributed by atoms with Gasteiger partial charge in [-0.1, -0.05) is 19.1 Å². The molecule has 0 radical (unpaired) electrons. The van der Waals surface area contributed by atoms with E-state index in [4.69, 9.17) is 4.42 Å². The van der Waals surface area contributed by atoms with Crippen LogP contribution in [0, 0.1) is 12.8 Å². The van der Waals surface area contributed by atoms with Gasteiger partial charge < -0.3 is 14.6 Å². The van der Waals surface area contributed by atoms with E-state index in [-0.39, 0.29) is 17.4 Å². The maximum Gasteiger partial charge on any atom is 0.271 e. The molecular weight excluding hydrogens is 392 g/mol. The van der Waals surface area contributed by atoms with Gasteiger partial charge in [-0.15, -0.1) is 5.10 Å². The van der Waals surface area contributed by atoms with Crippen LogP contribution in [0.2, 0.25) is 0 Å². The van der Waals surface area contributed by atoms with Crippen molar-refractivity contribution < 1.29 is 9.21 Å². The summed E-state index contributed by atoms with van der Waals surface area (Å²) >= 11 is 0. The van der Waals surface area contributed by atoms with Crippen molar-refractivity contribution in [1.82, 2.24) is 15.1 Å². The van der Waals surface area contributed by atoms with Crippen LogP contribution in [0.3, 0.4) is 0 Å². The lowest BCUT2D eigenvalue weighted by Crippen LogP contribution is -2.43. The summed E-state index contributed by atoms with van der Waals surface area (Å²) in [5.41, 5.74) is 1.78. The molecule has 1 aliphatic heterocycles. The lowest BCUT2D eigenvalue weighted by molar-refractivity contribution is -0.125. The quantitative estimate of drug-likeness (QED) is 0.662. The fourth-order valence-corrected chi connectivity index (χ4v) is 3.93. The van der Waals surface area contributed by atoms with E-state index < -0.39 is 0 Å². The van der Waals surface area contributed by atoms with Crippen LogP contribution in [0.15, 0.2) is 57.7 Å². The number of furan rings is 1. The van der Waals surface area contributed by atoms with Gasteiger partial charge in [0.1, 0.15) is 17.3 Å². The largest absolute Gasteiger partial charge is 0.465 e. The van der Waals surface area contributed by atoms with Crippen LogP contribution in [0.4, 0.5) is 5.82 Å². The second kappa shape index (κ2) is 9.20. The Morgan fingerprint density at radius 3 is 2.68 bits per heavy atom. The Labute approximate surface area is 181 Å². The van der Waals surface area contributed by atoms with Crippen LogP contribution in [0.5, 0.6) is 0 Å². The molecule has 1 saturated heterocycles. The summed E-state index contributed by atoms with van der Waals surface area (Å²) in [4.78, 5) is 27.2. The molecule has 0 spiro atoms. The third kappa shape index (κ3) is 4.87. The fourth-order valence-electron chi connectivity index (χ4n) is 3.93. The molecule has 2 aromatic heterocycles. The first-order valence-corrected chi connectivity index (χ1v) is 10.8. The fraction of sp³-hybridized carbons (Fsp3) is 0.375. The van der Waals surface area contributed by atoms with Gasteiger partial charge in [-0.3, -0.25) is 9.59 Å². The van der Waals surface area contributed by atoms with E-state index >= 15 is 0 Å². The number of benzene rings is 1. The Hall–Kier alpha value is -3.35. The maximum absolute atomic E-state index is 12.7. The van der Waals surface area contributed by atoms with Gasteiger partial charge in [0, 0.05) is 19.2 Å². The number of aromatic nitrogens is 2. The number of hydrogen-bond donors (Lipinski definition) is 1.